The zero-order valence-electron chi connectivity index (χ0n) is 5.90. The van der Waals surface area contributed by atoms with E-state index in [1.54, 1.807) is 0 Å². The Labute approximate surface area is 69.8 Å². The lowest BCUT2D eigenvalue weighted by Gasteiger charge is -2.06. The molecule has 0 aromatic heterocycles. The first-order valence-corrected chi connectivity index (χ1v) is 2.69. The highest BCUT2D eigenvalue weighted by molar-refractivity contribution is 5.85. The molecule has 66 valence electrons. The molecule has 0 saturated heterocycles. The Balaban J connectivity index is 0. The van der Waals surface area contributed by atoms with Gasteiger partial charge < -0.3 is 15.5 Å². The first kappa shape index (κ1) is 12.8. The molecule has 3 N–H and O–H groups in total. The number of likely N-dealkylation sites (N-methyl/N-ethyl adjacent to an activating group) is 1. The van der Waals surface area contributed by atoms with E-state index in [9.17, 15) is 9.59 Å². The lowest BCUT2D eigenvalue weighted by atomic mass is 10.2. The highest BCUT2D eigenvalue weighted by Gasteiger charge is 2.17. The predicted octanol–water partition coefficient (Wildman–Crippen LogP) is -0.444. The molecular weight excluding hydrogens is 174 g/mol. The van der Waals surface area contributed by atoms with Crippen molar-refractivity contribution in [2.24, 2.45) is 0 Å². The number of carboxylic acids is 2. The summed E-state index contributed by atoms with van der Waals surface area (Å²) in [5, 5.41) is 18.8. The molecule has 0 fully saturated rings. The Morgan fingerprint density at radius 2 is 1.91 bits per heavy atom. The van der Waals surface area contributed by atoms with Gasteiger partial charge in [-0.15, -0.1) is 12.4 Å². The highest BCUT2D eigenvalue weighted by Crippen LogP contribution is 1.89. The highest BCUT2D eigenvalue weighted by atomic mass is 35.5. The van der Waals surface area contributed by atoms with Crippen molar-refractivity contribution in [3.63, 3.8) is 0 Å². The Kier molecular flexibility index (Phi) is 6.92. The van der Waals surface area contributed by atoms with Crippen LogP contribution in [0, 0.1) is 0 Å². The Morgan fingerprint density at radius 3 is 2.00 bits per heavy atom. The maximum Gasteiger partial charge on any atom is 0.321 e. The minimum Gasteiger partial charge on any atom is -0.481 e. The number of hydrogen-bond donors (Lipinski definition) is 3. The quantitative estimate of drug-likeness (QED) is 0.550. The van der Waals surface area contributed by atoms with Crippen molar-refractivity contribution in [3.05, 3.63) is 0 Å². The third kappa shape index (κ3) is 5.63. The fourth-order valence-electron chi connectivity index (χ4n) is 0.487. The molecule has 0 aromatic rings. The fourth-order valence-corrected chi connectivity index (χ4v) is 0.487. The molecule has 0 aliphatic heterocycles. The van der Waals surface area contributed by atoms with Crippen LogP contribution >= 0.6 is 12.4 Å². The molecule has 0 spiro atoms. The molecule has 0 amide bonds. The van der Waals surface area contributed by atoms with E-state index in [1.807, 2.05) is 0 Å². The van der Waals surface area contributed by atoms with Crippen LogP contribution in [0.4, 0.5) is 0 Å². The largest absolute Gasteiger partial charge is 0.481 e. The lowest BCUT2D eigenvalue weighted by molar-refractivity contribution is -0.145. The van der Waals surface area contributed by atoms with Crippen molar-refractivity contribution >= 4 is 24.3 Å². The summed E-state index contributed by atoms with van der Waals surface area (Å²) in [6.45, 7) is 0. The second-order valence-corrected chi connectivity index (χ2v) is 1.78. The van der Waals surface area contributed by atoms with E-state index < -0.39 is 24.4 Å². The summed E-state index contributed by atoms with van der Waals surface area (Å²) in [7, 11) is 1.40. The van der Waals surface area contributed by atoms with Crippen LogP contribution in [0.3, 0.4) is 0 Å². The number of carboxylic acid groups (broad SMARTS) is 2. The van der Waals surface area contributed by atoms with E-state index in [0.717, 1.165) is 0 Å². The summed E-state index contributed by atoms with van der Waals surface area (Å²) in [5.41, 5.74) is 0. The van der Waals surface area contributed by atoms with Gasteiger partial charge >= 0.3 is 11.9 Å². The topological polar surface area (TPSA) is 86.6 Å². The molecule has 1 atom stereocenters. The van der Waals surface area contributed by atoms with E-state index in [-0.39, 0.29) is 12.4 Å². The van der Waals surface area contributed by atoms with E-state index in [2.05, 4.69) is 5.32 Å². The molecule has 6 heteroatoms. The van der Waals surface area contributed by atoms with E-state index >= 15 is 0 Å². The van der Waals surface area contributed by atoms with Gasteiger partial charge in [0.1, 0.15) is 6.04 Å². The van der Waals surface area contributed by atoms with Gasteiger partial charge in [0.2, 0.25) is 0 Å². The molecular formula is C5H10ClNO4. The van der Waals surface area contributed by atoms with Crippen molar-refractivity contribution in [2.75, 3.05) is 7.05 Å². The Bertz CT molecular complexity index is 149. The van der Waals surface area contributed by atoms with E-state index in [4.69, 9.17) is 10.2 Å². The van der Waals surface area contributed by atoms with Crippen LogP contribution in [0.25, 0.3) is 0 Å². The second kappa shape index (κ2) is 5.94. The summed E-state index contributed by atoms with van der Waals surface area (Å²) < 4.78 is 0. The smallest absolute Gasteiger partial charge is 0.321 e. The van der Waals surface area contributed by atoms with Gasteiger partial charge in [0.05, 0.1) is 6.42 Å². The normalized spacial score (nSPS) is 11.4. The fraction of sp³-hybridized carbons (Fsp3) is 0.600. The molecule has 0 unspecified atom stereocenters. The van der Waals surface area contributed by atoms with Crippen molar-refractivity contribution in [1.29, 1.82) is 0 Å². The van der Waals surface area contributed by atoms with E-state index in [0.29, 0.717) is 0 Å². The summed E-state index contributed by atoms with van der Waals surface area (Å²) in [6.07, 6.45) is -0.397. The van der Waals surface area contributed by atoms with Crippen LogP contribution in [-0.2, 0) is 9.59 Å². The Morgan fingerprint density at radius 1 is 1.45 bits per heavy atom. The maximum atomic E-state index is 10.1. The Hall–Kier alpha value is -0.810. The van der Waals surface area contributed by atoms with Crippen molar-refractivity contribution < 1.29 is 19.8 Å². The summed E-state index contributed by atoms with van der Waals surface area (Å²) in [5.74, 6) is -2.27. The summed E-state index contributed by atoms with van der Waals surface area (Å²) >= 11 is 0. The van der Waals surface area contributed by atoms with Crippen LogP contribution < -0.4 is 5.32 Å². The van der Waals surface area contributed by atoms with Crippen LogP contribution in [0.5, 0.6) is 0 Å². The van der Waals surface area contributed by atoms with Gasteiger partial charge in [0.25, 0.3) is 0 Å². The van der Waals surface area contributed by atoms with Gasteiger partial charge in [0.15, 0.2) is 0 Å². The van der Waals surface area contributed by atoms with Crippen LogP contribution in [0.1, 0.15) is 6.42 Å². The van der Waals surface area contributed by atoms with Gasteiger partial charge in [0, 0.05) is 0 Å². The molecule has 0 saturated carbocycles. The number of rotatable bonds is 4. The minimum atomic E-state index is -1.15. The first-order chi connectivity index (χ1) is 4.57. The molecule has 0 radical (unpaired) electrons. The zero-order valence-corrected chi connectivity index (χ0v) is 6.72. The van der Waals surface area contributed by atoms with Crippen molar-refractivity contribution in [3.8, 4) is 0 Å². The molecule has 0 rings (SSSR count). The molecule has 0 aliphatic rings. The summed E-state index contributed by atoms with van der Waals surface area (Å²) in [4.78, 5) is 20.1. The van der Waals surface area contributed by atoms with Crippen molar-refractivity contribution in [2.45, 2.75) is 12.5 Å². The average molecular weight is 184 g/mol. The molecule has 5 nitrogen and oxygen atoms in total. The van der Waals surface area contributed by atoms with Crippen LogP contribution in [0.15, 0.2) is 0 Å². The lowest BCUT2D eigenvalue weighted by Crippen LogP contribution is -2.35. The average Bonchev–Trinajstić information content (AvgIpc) is 1.81. The first-order valence-electron chi connectivity index (χ1n) is 2.69. The summed E-state index contributed by atoms with van der Waals surface area (Å²) in [6, 6.07) is -0.988. The molecule has 0 bridgehead atoms. The SMILES string of the molecule is CN[C@H](CC(=O)O)C(=O)O.Cl. The minimum absolute atomic E-state index is 0. The zero-order chi connectivity index (χ0) is 8.15. The number of aliphatic carboxylic acids is 2. The maximum absolute atomic E-state index is 10.1. The van der Waals surface area contributed by atoms with E-state index in [1.165, 1.54) is 7.05 Å². The number of carbonyl (C=O) groups is 2. The number of hydrogen-bond acceptors (Lipinski definition) is 3. The van der Waals surface area contributed by atoms with Gasteiger partial charge in [-0.25, -0.2) is 0 Å². The molecule has 11 heavy (non-hydrogen) atoms. The van der Waals surface area contributed by atoms with Gasteiger partial charge in [-0.2, -0.15) is 0 Å². The van der Waals surface area contributed by atoms with Gasteiger partial charge in [-0.1, -0.05) is 0 Å². The molecule has 0 aromatic carbocycles. The van der Waals surface area contributed by atoms with Crippen LogP contribution in [0.2, 0.25) is 0 Å². The van der Waals surface area contributed by atoms with Gasteiger partial charge in [-0.3, -0.25) is 9.59 Å². The van der Waals surface area contributed by atoms with Crippen LogP contribution in [-0.4, -0.2) is 35.2 Å². The third-order valence-corrected chi connectivity index (χ3v) is 1.03. The third-order valence-electron chi connectivity index (χ3n) is 1.03. The second-order valence-electron chi connectivity index (χ2n) is 1.78. The van der Waals surface area contributed by atoms with Gasteiger partial charge in [-0.05, 0) is 7.05 Å². The molecule has 0 aliphatic carbocycles. The number of nitrogens with one attached hydrogen (secondary N) is 1. The molecule has 0 heterocycles. The number of halogens is 1. The predicted molar refractivity (Wildman–Crippen MR) is 40.0 cm³/mol. The van der Waals surface area contributed by atoms with Crippen molar-refractivity contribution in [1.82, 2.24) is 5.32 Å². The standard InChI is InChI=1S/C5H9NO4.ClH/c1-6-3(5(9)10)2-4(7)8;/h3,6H,2H2,1H3,(H,7,8)(H,9,10);1H/t3-;/m1./s1. The monoisotopic (exact) mass is 183 g/mol.